The molecule has 0 saturated heterocycles. The molecular formula is C28H34N4O2S. The van der Waals surface area contributed by atoms with Gasteiger partial charge in [-0.2, -0.15) is 0 Å². The topological polar surface area (TPSA) is 82.3 Å². The zero-order valence-corrected chi connectivity index (χ0v) is 21.4. The molecule has 184 valence electrons. The molecule has 6 nitrogen and oxygen atoms in total. The van der Waals surface area contributed by atoms with E-state index in [2.05, 4.69) is 66.5 Å². The summed E-state index contributed by atoms with van der Waals surface area (Å²) < 4.78 is 0. The Labute approximate surface area is 213 Å². The van der Waals surface area contributed by atoms with Crippen LogP contribution in [-0.4, -0.2) is 22.5 Å². The molecule has 0 spiro atoms. The van der Waals surface area contributed by atoms with Crippen molar-refractivity contribution < 1.29 is 9.59 Å². The summed E-state index contributed by atoms with van der Waals surface area (Å²) >= 11 is 5.36. The summed E-state index contributed by atoms with van der Waals surface area (Å²) in [6.45, 7) is 6.22. The minimum absolute atomic E-state index is 0.0625. The SMILES string of the molecule is CC1=CCC(C)(NC(=S)NNC(=O)c2cccc(NC(=O)CCCCc3ccccc3)c2)C=C1C. The number of hydrazine groups is 1. The number of unbranched alkanes of at least 4 members (excludes halogenated alkanes) is 1. The van der Waals surface area contributed by atoms with Gasteiger partial charge in [0.15, 0.2) is 5.11 Å². The summed E-state index contributed by atoms with van der Waals surface area (Å²) in [4.78, 5) is 24.9. The van der Waals surface area contributed by atoms with Crippen molar-refractivity contribution in [2.75, 3.05) is 5.32 Å². The van der Waals surface area contributed by atoms with Crippen LogP contribution in [0.25, 0.3) is 0 Å². The molecule has 1 unspecified atom stereocenters. The molecule has 1 atom stereocenters. The van der Waals surface area contributed by atoms with Crippen LogP contribution in [0.15, 0.2) is 77.9 Å². The number of nitrogens with one attached hydrogen (secondary N) is 4. The predicted octanol–water partition coefficient (Wildman–Crippen LogP) is 5.20. The van der Waals surface area contributed by atoms with Crippen molar-refractivity contribution in [1.82, 2.24) is 16.2 Å². The number of anilines is 1. The summed E-state index contributed by atoms with van der Waals surface area (Å²) in [7, 11) is 0. The number of amides is 2. The van der Waals surface area contributed by atoms with Crippen molar-refractivity contribution in [2.45, 2.75) is 58.4 Å². The molecule has 0 heterocycles. The zero-order valence-electron chi connectivity index (χ0n) is 20.6. The van der Waals surface area contributed by atoms with Gasteiger partial charge in [-0.1, -0.05) is 59.7 Å². The third-order valence-electron chi connectivity index (χ3n) is 6.05. The molecule has 1 aliphatic carbocycles. The molecule has 0 bridgehead atoms. The summed E-state index contributed by atoms with van der Waals surface area (Å²) in [6, 6.07) is 17.1. The molecule has 3 rings (SSSR count). The van der Waals surface area contributed by atoms with Gasteiger partial charge >= 0.3 is 0 Å². The standard InChI is InChI=1S/C28H34N4O2S/c1-20-16-17-28(3,19-21(20)2)30-27(35)32-31-26(34)23-13-9-14-24(18-23)29-25(33)15-8-7-12-22-10-5-4-6-11-22/h4-6,9-11,13-14,16,18-19H,7-8,12,15,17H2,1-3H3,(H,29,33)(H,31,34)(H2,30,32,35). The quantitative estimate of drug-likeness (QED) is 0.232. The molecule has 1 aliphatic rings. The number of aryl methyl sites for hydroxylation is 1. The van der Waals surface area contributed by atoms with E-state index in [1.165, 1.54) is 16.7 Å². The van der Waals surface area contributed by atoms with Gasteiger partial charge in [0.2, 0.25) is 5.91 Å². The van der Waals surface area contributed by atoms with E-state index in [0.29, 0.717) is 22.8 Å². The highest BCUT2D eigenvalue weighted by Gasteiger charge is 2.24. The van der Waals surface area contributed by atoms with Crippen LogP contribution >= 0.6 is 12.2 Å². The van der Waals surface area contributed by atoms with Crippen LogP contribution in [-0.2, 0) is 11.2 Å². The van der Waals surface area contributed by atoms with E-state index in [9.17, 15) is 9.59 Å². The first-order valence-corrected chi connectivity index (χ1v) is 12.3. The lowest BCUT2D eigenvalue weighted by Crippen LogP contribution is -2.54. The van der Waals surface area contributed by atoms with Crippen molar-refractivity contribution in [2.24, 2.45) is 0 Å². The Morgan fingerprint density at radius 2 is 1.74 bits per heavy atom. The van der Waals surface area contributed by atoms with Gasteiger partial charge in [-0.15, -0.1) is 0 Å². The molecule has 4 N–H and O–H groups in total. The van der Waals surface area contributed by atoms with E-state index >= 15 is 0 Å². The molecule has 35 heavy (non-hydrogen) atoms. The van der Waals surface area contributed by atoms with Gasteiger partial charge in [-0.05, 0) is 82.4 Å². The molecule has 0 aliphatic heterocycles. The Bertz CT molecular complexity index is 1130. The van der Waals surface area contributed by atoms with Gasteiger partial charge in [0.05, 0.1) is 5.54 Å². The van der Waals surface area contributed by atoms with Crippen LogP contribution in [0.5, 0.6) is 0 Å². The van der Waals surface area contributed by atoms with E-state index in [1.54, 1.807) is 24.3 Å². The Balaban J connectivity index is 1.42. The Hall–Kier alpha value is -3.45. The third kappa shape index (κ3) is 8.37. The summed E-state index contributed by atoms with van der Waals surface area (Å²) in [5.41, 5.74) is 9.82. The Morgan fingerprint density at radius 1 is 0.971 bits per heavy atom. The van der Waals surface area contributed by atoms with Crippen LogP contribution in [0.3, 0.4) is 0 Å². The van der Waals surface area contributed by atoms with E-state index in [1.807, 2.05) is 18.2 Å². The number of allylic oxidation sites excluding steroid dienone is 2. The van der Waals surface area contributed by atoms with Crippen molar-refractivity contribution in [3.05, 3.63) is 89.0 Å². The van der Waals surface area contributed by atoms with Crippen molar-refractivity contribution in [3.63, 3.8) is 0 Å². The fourth-order valence-electron chi connectivity index (χ4n) is 3.96. The monoisotopic (exact) mass is 490 g/mol. The summed E-state index contributed by atoms with van der Waals surface area (Å²) in [6.07, 6.45) is 8.27. The van der Waals surface area contributed by atoms with Gasteiger partial charge in [0, 0.05) is 17.7 Å². The van der Waals surface area contributed by atoms with Crippen molar-refractivity contribution in [3.8, 4) is 0 Å². The molecule has 7 heteroatoms. The second-order valence-electron chi connectivity index (χ2n) is 9.19. The van der Waals surface area contributed by atoms with Crippen LogP contribution < -0.4 is 21.5 Å². The number of rotatable bonds is 8. The number of benzene rings is 2. The minimum atomic E-state index is -0.343. The number of hydrogen-bond acceptors (Lipinski definition) is 3. The van der Waals surface area contributed by atoms with Gasteiger partial charge in [0.25, 0.3) is 5.91 Å². The molecule has 0 aromatic heterocycles. The second kappa shape index (κ2) is 12.3. The fraction of sp³-hybridized carbons (Fsp3) is 0.321. The van der Waals surface area contributed by atoms with E-state index in [4.69, 9.17) is 12.2 Å². The predicted molar refractivity (Wildman–Crippen MR) is 146 cm³/mol. The third-order valence-corrected chi connectivity index (χ3v) is 6.25. The average Bonchev–Trinajstić information content (AvgIpc) is 2.83. The van der Waals surface area contributed by atoms with Gasteiger partial charge in [0.1, 0.15) is 0 Å². The first-order chi connectivity index (χ1) is 16.7. The summed E-state index contributed by atoms with van der Waals surface area (Å²) in [5.74, 6) is -0.406. The van der Waals surface area contributed by atoms with Crippen LogP contribution in [0.4, 0.5) is 5.69 Å². The number of hydrogen-bond donors (Lipinski definition) is 4. The fourth-order valence-corrected chi connectivity index (χ4v) is 4.25. The largest absolute Gasteiger partial charge is 0.352 e. The lowest BCUT2D eigenvalue weighted by molar-refractivity contribution is -0.116. The minimum Gasteiger partial charge on any atom is -0.352 e. The number of carbonyl (C=O) groups excluding carboxylic acids is 2. The average molecular weight is 491 g/mol. The summed E-state index contributed by atoms with van der Waals surface area (Å²) in [5, 5.41) is 6.46. The Morgan fingerprint density at radius 3 is 2.49 bits per heavy atom. The number of carbonyl (C=O) groups is 2. The van der Waals surface area contributed by atoms with Gasteiger partial charge < -0.3 is 10.6 Å². The molecule has 0 fully saturated rings. The highest BCUT2D eigenvalue weighted by Crippen LogP contribution is 2.25. The van der Waals surface area contributed by atoms with E-state index < -0.39 is 0 Å². The first kappa shape index (κ1) is 26.2. The van der Waals surface area contributed by atoms with Crippen LogP contribution in [0, 0.1) is 0 Å². The molecule has 0 radical (unpaired) electrons. The van der Waals surface area contributed by atoms with Crippen molar-refractivity contribution in [1.29, 1.82) is 0 Å². The molecule has 2 amide bonds. The maximum absolute atomic E-state index is 12.6. The van der Waals surface area contributed by atoms with Gasteiger partial charge in [-0.25, -0.2) is 0 Å². The van der Waals surface area contributed by atoms with Crippen molar-refractivity contribution >= 4 is 34.8 Å². The first-order valence-electron chi connectivity index (χ1n) is 11.9. The lowest BCUT2D eigenvalue weighted by atomic mass is 9.87. The normalized spacial score (nSPS) is 17.0. The highest BCUT2D eigenvalue weighted by atomic mass is 32.1. The smallest absolute Gasteiger partial charge is 0.269 e. The Kier molecular flexibility index (Phi) is 9.20. The lowest BCUT2D eigenvalue weighted by Gasteiger charge is -2.32. The van der Waals surface area contributed by atoms with Gasteiger partial charge in [-0.3, -0.25) is 20.4 Å². The van der Waals surface area contributed by atoms with E-state index in [0.717, 1.165) is 25.7 Å². The zero-order chi connectivity index (χ0) is 25.3. The maximum atomic E-state index is 12.6. The molecular weight excluding hydrogens is 456 g/mol. The number of thiocarbonyl (C=S) groups is 1. The molecule has 0 saturated carbocycles. The maximum Gasteiger partial charge on any atom is 0.269 e. The van der Waals surface area contributed by atoms with Crippen LogP contribution in [0.2, 0.25) is 0 Å². The van der Waals surface area contributed by atoms with Crippen LogP contribution in [0.1, 0.15) is 62.4 Å². The molecule has 2 aromatic carbocycles. The molecule has 2 aromatic rings. The highest BCUT2D eigenvalue weighted by molar-refractivity contribution is 7.80. The van der Waals surface area contributed by atoms with E-state index in [-0.39, 0.29) is 17.4 Å². The second-order valence-corrected chi connectivity index (χ2v) is 9.60.